The average Bonchev–Trinajstić information content (AvgIpc) is 3.16. The van der Waals surface area contributed by atoms with Gasteiger partial charge >= 0.3 is 0 Å². The van der Waals surface area contributed by atoms with Crippen LogP contribution in [0.5, 0.6) is 11.5 Å². The Morgan fingerprint density at radius 2 is 1.88 bits per heavy atom. The third kappa shape index (κ3) is 6.62. The summed E-state index contributed by atoms with van der Waals surface area (Å²) in [6.07, 6.45) is 6.40. The first kappa shape index (κ1) is 27.0. The van der Waals surface area contributed by atoms with E-state index in [0.29, 0.717) is 23.8 Å². The van der Waals surface area contributed by atoms with E-state index in [1.165, 1.54) is 0 Å². The van der Waals surface area contributed by atoms with E-state index >= 15 is 0 Å². The van der Waals surface area contributed by atoms with Crippen LogP contribution in [0.4, 0.5) is 0 Å². The van der Waals surface area contributed by atoms with Crippen molar-refractivity contribution in [3.63, 3.8) is 0 Å². The minimum Gasteiger partial charge on any atom is -0.493 e. The van der Waals surface area contributed by atoms with Gasteiger partial charge in [-0.25, -0.2) is 0 Å². The van der Waals surface area contributed by atoms with Crippen LogP contribution in [0.15, 0.2) is 36.5 Å². The molecule has 8 heteroatoms. The molecule has 0 aliphatic carbocycles. The van der Waals surface area contributed by atoms with E-state index in [2.05, 4.69) is 22.0 Å². The van der Waals surface area contributed by atoms with E-state index in [1.54, 1.807) is 14.2 Å². The van der Waals surface area contributed by atoms with Crippen molar-refractivity contribution in [1.82, 2.24) is 14.8 Å². The predicted molar refractivity (Wildman–Crippen MR) is 136 cm³/mol. The van der Waals surface area contributed by atoms with E-state index in [4.69, 9.17) is 9.47 Å². The highest BCUT2D eigenvalue weighted by Gasteiger charge is 2.27. The fourth-order valence-corrected chi connectivity index (χ4v) is 4.48. The van der Waals surface area contributed by atoms with Crippen LogP contribution in [0.3, 0.4) is 0 Å². The molecule has 4 rings (SSSR count). The first-order chi connectivity index (χ1) is 15.1. The summed E-state index contributed by atoms with van der Waals surface area (Å²) in [6.45, 7) is 5.92. The van der Waals surface area contributed by atoms with Crippen molar-refractivity contribution in [3.05, 3.63) is 59.0 Å². The fraction of sp³-hybridized carbons (Fsp3) is 0.440. The molecule has 1 aromatic carbocycles. The Hall–Kier alpha value is -2.28. The number of carbonyl (C=O) groups excluding carboxylic acids is 1. The Bertz CT molecular complexity index is 983. The second-order valence-corrected chi connectivity index (χ2v) is 8.42. The third-order valence-corrected chi connectivity index (χ3v) is 6.20. The highest BCUT2D eigenvalue weighted by atomic mass is 35.5. The molecule has 6 nitrogen and oxygen atoms in total. The SMILES string of the molecule is COc1cc2c(cc1OC)CC(=O)N(CC1CCN(CCc3cccc(C)n3)C1)C=C2.Cl.Cl. The van der Waals surface area contributed by atoms with Crippen molar-refractivity contribution in [2.75, 3.05) is 40.4 Å². The Kier molecular flexibility index (Phi) is 10.0. The number of likely N-dealkylation sites (tertiary alicyclic amines) is 1. The molecule has 1 saturated heterocycles. The van der Waals surface area contributed by atoms with Crippen LogP contribution in [0.25, 0.3) is 6.08 Å². The van der Waals surface area contributed by atoms with Gasteiger partial charge in [0.05, 0.1) is 20.6 Å². The van der Waals surface area contributed by atoms with Crippen LogP contribution < -0.4 is 9.47 Å². The zero-order chi connectivity index (χ0) is 21.8. The van der Waals surface area contributed by atoms with Gasteiger partial charge in [-0.15, -0.1) is 24.8 Å². The van der Waals surface area contributed by atoms with Crippen LogP contribution in [0, 0.1) is 12.8 Å². The summed E-state index contributed by atoms with van der Waals surface area (Å²) in [5.41, 5.74) is 4.20. The van der Waals surface area contributed by atoms with Gasteiger partial charge in [0.1, 0.15) is 0 Å². The lowest BCUT2D eigenvalue weighted by atomic mass is 10.0. The Morgan fingerprint density at radius 1 is 1.12 bits per heavy atom. The van der Waals surface area contributed by atoms with Gasteiger partial charge < -0.3 is 19.3 Å². The number of carbonyl (C=O) groups is 1. The van der Waals surface area contributed by atoms with Crippen LogP contribution in [0.1, 0.15) is 28.9 Å². The second kappa shape index (κ2) is 12.3. The maximum atomic E-state index is 12.9. The molecule has 1 fully saturated rings. The molecule has 180 valence electrons. The zero-order valence-electron chi connectivity index (χ0n) is 19.5. The molecule has 1 atom stereocenters. The number of rotatable bonds is 7. The lowest BCUT2D eigenvalue weighted by Gasteiger charge is -2.22. The molecule has 0 spiro atoms. The summed E-state index contributed by atoms with van der Waals surface area (Å²) in [4.78, 5) is 21.9. The van der Waals surface area contributed by atoms with Crippen molar-refractivity contribution in [1.29, 1.82) is 0 Å². The minimum atomic E-state index is 0. The molecule has 0 N–H and O–H groups in total. The fourth-order valence-electron chi connectivity index (χ4n) is 4.48. The smallest absolute Gasteiger partial charge is 0.230 e. The van der Waals surface area contributed by atoms with Gasteiger partial charge in [-0.1, -0.05) is 6.07 Å². The van der Waals surface area contributed by atoms with Gasteiger partial charge in [-0.2, -0.15) is 0 Å². The lowest BCUT2D eigenvalue weighted by molar-refractivity contribution is -0.128. The van der Waals surface area contributed by atoms with Crippen LogP contribution in [-0.4, -0.2) is 61.1 Å². The van der Waals surface area contributed by atoms with Crippen molar-refractivity contribution in [2.45, 2.75) is 26.2 Å². The number of nitrogens with zero attached hydrogens (tertiary/aromatic N) is 3. The van der Waals surface area contributed by atoms with Crippen molar-refractivity contribution in [2.24, 2.45) is 5.92 Å². The number of pyridine rings is 1. The summed E-state index contributed by atoms with van der Waals surface area (Å²) < 4.78 is 10.8. The number of hydrogen-bond donors (Lipinski definition) is 0. The molecule has 0 radical (unpaired) electrons. The summed E-state index contributed by atoms with van der Waals surface area (Å²) >= 11 is 0. The van der Waals surface area contributed by atoms with Crippen molar-refractivity contribution < 1.29 is 14.3 Å². The lowest BCUT2D eigenvalue weighted by Crippen LogP contribution is -2.33. The van der Waals surface area contributed by atoms with E-state index < -0.39 is 0 Å². The number of ether oxygens (including phenoxy) is 2. The van der Waals surface area contributed by atoms with Crippen LogP contribution in [-0.2, 0) is 17.6 Å². The normalized spacial score (nSPS) is 17.6. The van der Waals surface area contributed by atoms with Gasteiger partial charge in [-0.3, -0.25) is 9.78 Å². The number of hydrogen-bond acceptors (Lipinski definition) is 5. The Balaban J connectivity index is 0.00000193. The van der Waals surface area contributed by atoms with Gasteiger partial charge in [0.25, 0.3) is 0 Å². The summed E-state index contributed by atoms with van der Waals surface area (Å²) in [6, 6.07) is 10.1. The van der Waals surface area contributed by atoms with Crippen LogP contribution >= 0.6 is 24.8 Å². The van der Waals surface area contributed by atoms with Gasteiger partial charge in [0.15, 0.2) is 11.5 Å². The predicted octanol–water partition coefficient (Wildman–Crippen LogP) is 4.17. The molecule has 3 heterocycles. The number of fused-ring (bicyclic) bond motifs is 1. The summed E-state index contributed by atoms with van der Waals surface area (Å²) in [5.74, 6) is 1.96. The Labute approximate surface area is 208 Å². The topological polar surface area (TPSA) is 54.9 Å². The number of aromatic nitrogens is 1. The maximum Gasteiger partial charge on any atom is 0.230 e. The third-order valence-electron chi connectivity index (χ3n) is 6.20. The number of amides is 1. The van der Waals surface area contributed by atoms with Gasteiger partial charge in [0, 0.05) is 43.6 Å². The van der Waals surface area contributed by atoms with Crippen molar-refractivity contribution in [3.8, 4) is 11.5 Å². The quantitative estimate of drug-likeness (QED) is 0.579. The molecular formula is C25H33Cl2N3O3. The molecule has 33 heavy (non-hydrogen) atoms. The number of benzene rings is 1. The van der Waals surface area contributed by atoms with E-state index in [9.17, 15) is 4.79 Å². The van der Waals surface area contributed by atoms with Crippen molar-refractivity contribution >= 4 is 36.8 Å². The second-order valence-electron chi connectivity index (χ2n) is 8.42. The molecule has 1 unspecified atom stereocenters. The molecule has 2 aliphatic heterocycles. The Morgan fingerprint density at radius 3 is 2.61 bits per heavy atom. The monoisotopic (exact) mass is 493 g/mol. The maximum absolute atomic E-state index is 12.9. The molecule has 1 amide bonds. The van der Waals surface area contributed by atoms with Gasteiger partial charge in [-0.05, 0) is 67.3 Å². The number of halogens is 2. The molecule has 0 bridgehead atoms. The van der Waals surface area contributed by atoms with E-state index in [0.717, 1.165) is 61.5 Å². The van der Waals surface area contributed by atoms with Crippen LogP contribution in [0.2, 0.25) is 0 Å². The standard InChI is InChI=1S/C25H31N3O3.2ClH/c1-18-5-4-6-22(26-18)9-11-27-10-7-19(16-27)17-28-12-8-20-13-23(30-2)24(31-3)14-21(20)15-25(28)29;;/h4-6,8,12-14,19H,7,9-11,15-17H2,1-3H3;2*1H. The minimum absolute atomic E-state index is 0. The molecule has 0 saturated carbocycles. The summed E-state index contributed by atoms with van der Waals surface area (Å²) in [5, 5.41) is 0. The number of aryl methyl sites for hydroxylation is 1. The molecular weight excluding hydrogens is 461 g/mol. The highest BCUT2D eigenvalue weighted by Crippen LogP contribution is 2.33. The summed E-state index contributed by atoms with van der Waals surface area (Å²) in [7, 11) is 3.24. The molecule has 2 aliphatic rings. The number of methoxy groups -OCH3 is 2. The first-order valence-corrected chi connectivity index (χ1v) is 10.9. The molecule has 1 aromatic heterocycles. The highest BCUT2D eigenvalue weighted by molar-refractivity contribution is 5.86. The van der Waals surface area contributed by atoms with E-state index in [-0.39, 0.29) is 30.7 Å². The molecule has 2 aromatic rings. The first-order valence-electron chi connectivity index (χ1n) is 10.9. The zero-order valence-corrected chi connectivity index (χ0v) is 21.1. The average molecular weight is 494 g/mol. The van der Waals surface area contributed by atoms with E-state index in [1.807, 2.05) is 42.3 Å². The largest absolute Gasteiger partial charge is 0.493 e. The van der Waals surface area contributed by atoms with Gasteiger partial charge in [0.2, 0.25) is 5.91 Å².